The molecule has 104 valence electrons. The number of hydrogen-bond donors (Lipinski definition) is 3. The van der Waals surface area contributed by atoms with Crippen LogP contribution in [0.3, 0.4) is 0 Å². The molecule has 1 aromatic carbocycles. The highest BCUT2D eigenvalue weighted by atomic mass is 16.3. The molecular formula is C15H22N2O2. The zero-order chi connectivity index (χ0) is 13.7. The fourth-order valence-corrected chi connectivity index (χ4v) is 2.63. The highest BCUT2D eigenvalue weighted by molar-refractivity contribution is 5.83. The first-order valence-corrected chi connectivity index (χ1v) is 6.89. The van der Waals surface area contributed by atoms with Gasteiger partial charge in [-0.3, -0.25) is 4.79 Å². The molecule has 4 nitrogen and oxygen atoms in total. The third kappa shape index (κ3) is 2.96. The first kappa shape index (κ1) is 14.0. The molecule has 4 heteroatoms. The minimum Gasteiger partial charge on any atom is -0.394 e. The van der Waals surface area contributed by atoms with Crippen molar-refractivity contribution in [3.63, 3.8) is 0 Å². The Morgan fingerprint density at radius 2 is 2.21 bits per heavy atom. The van der Waals surface area contributed by atoms with Crippen molar-refractivity contribution in [1.82, 2.24) is 10.6 Å². The summed E-state index contributed by atoms with van der Waals surface area (Å²) in [6, 6.07) is 9.28. The Morgan fingerprint density at radius 3 is 2.74 bits per heavy atom. The highest BCUT2D eigenvalue weighted by Crippen LogP contribution is 2.30. The largest absolute Gasteiger partial charge is 0.394 e. The van der Waals surface area contributed by atoms with Gasteiger partial charge in [0.15, 0.2) is 0 Å². The van der Waals surface area contributed by atoms with Crippen molar-refractivity contribution in [2.24, 2.45) is 5.41 Å². The SMILES string of the molecule is CCC1(C(=O)NC(CO)c2ccccc2)CCNC1. The van der Waals surface area contributed by atoms with E-state index in [1.807, 2.05) is 37.3 Å². The molecule has 1 aliphatic rings. The van der Waals surface area contributed by atoms with E-state index in [0.29, 0.717) is 0 Å². The summed E-state index contributed by atoms with van der Waals surface area (Å²) in [4.78, 5) is 12.5. The Bertz CT molecular complexity index is 413. The number of amides is 1. The average Bonchev–Trinajstić information content (AvgIpc) is 2.95. The van der Waals surface area contributed by atoms with Crippen molar-refractivity contribution in [2.75, 3.05) is 19.7 Å². The average molecular weight is 262 g/mol. The summed E-state index contributed by atoms with van der Waals surface area (Å²) in [5.41, 5.74) is 0.623. The van der Waals surface area contributed by atoms with E-state index in [4.69, 9.17) is 0 Å². The van der Waals surface area contributed by atoms with Crippen molar-refractivity contribution in [3.8, 4) is 0 Å². The Kier molecular flexibility index (Phi) is 4.56. The summed E-state index contributed by atoms with van der Waals surface area (Å²) in [6.07, 6.45) is 1.68. The molecule has 0 radical (unpaired) electrons. The van der Waals surface area contributed by atoms with Crippen LogP contribution in [0.15, 0.2) is 30.3 Å². The maximum atomic E-state index is 12.5. The van der Waals surface area contributed by atoms with E-state index in [9.17, 15) is 9.90 Å². The van der Waals surface area contributed by atoms with Gasteiger partial charge in [-0.2, -0.15) is 0 Å². The number of hydrogen-bond acceptors (Lipinski definition) is 3. The van der Waals surface area contributed by atoms with Crippen molar-refractivity contribution in [2.45, 2.75) is 25.8 Å². The molecule has 2 rings (SSSR count). The fourth-order valence-electron chi connectivity index (χ4n) is 2.63. The third-order valence-corrected chi connectivity index (χ3v) is 4.09. The van der Waals surface area contributed by atoms with Gasteiger partial charge in [-0.05, 0) is 24.9 Å². The summed E-state index contributed by atoms with van der Waals surface area (Å²) in [5, 5.41) is 15.7. The minimum absolute atomic E-state index is 0.0444. The first-order chi connectivity index (χ1) is 9.22. The van der Waals surface area contributed by atoms with Gasteiger partial charge in [0.1, 0.15) is 0 Å². The van der Waals surface area contributed by atoms with Gasteiger partial charge in [0, 0.05) is 6.54 Å². The number of carbonyl (C=O) groups is 1. The molecule has 0 spiro atoms. The lowest BCUT2D eigenvalue weighted by atomic mass is 9.83. The van der Waals surface area contributed by atoms with Crippen molar-refractivity contribution in [3.05, 3.63) is 35.9 Å². The molecule has 3 N–H and O–H groups in total. The predicted octanol–water partition coefficient (Wildman–Crippen LogP) is 1.23. The monoisotopic (exact) mass is 262 g/mol. The molecule has 0 saturated carbocycles. The van der Waals surface area contributed by atoms with Gasteiger partial charge in [-0.25, -0.2) is 0 Å². The van der Waals surface area contributed by atoms with E-state index in [2.05, 4.69) is 10.6 Å². The van der Waals surface area contributed by atoms with E-state index in [1.165, 1.54) is 0 Å². The standard InChI is InChI=1S/C15H22N2O2/c1-2-15(8-9-16-11-15)14(19)17-13(10-18)12-6-4-3-5-7-12/h3-7,13,16,18H,2,8-11H2,1H3,(H,17,19). The highest BCUT2D eigenvalue weighted by Gasteiger charge is 2.40. The van der Waals surface area contributed by atoms with Crippen LogP contribution in [0.25, 0.3) is 0 Å². The van der Waals surface area contributed by atoms with Crippen LogP contribution >= 0.6 is 0 Å². The van der Waals surface area contributed by atoms with Crippen LogP contribution < -0.4 is 10.6 Å². The van der Waals surface area contributed by atoms with Crippen LogP contribution in [0, 0.1) is 5.41 Å². The summed E-state index contributed by atoms with van der Waals surface area (Å²) in [6.45, 7) is 3.57. The molecule has 2 unspecified atom stereocenters. The molecule has 1 saturated heterocycles. The Balaban J connectivity index is 2.08. The summed E-state index contributed by atoms with van der Waals surface area (Å²) in [7, 11) is 0. The molecule has 0 bridgehead atoms. The van der Waals surface area contributed by atoms with Gasteiger partial charge >= 0.3 is 0 Å². The number of carbonyl (C=O) groups excluding carboxylic acids is 1. The summed E-state index contributed by atoms with van der Waals surface area (Å²) < 4.78 is 0. The van der Waals surface area contributed by atoms with E-state index in [1.54, 1.807) is 0 Å². The third-order valence-electron chi connectivity index (χ3n) is 4.09. The van der Waals surface area contributed by atoms with Crippen molar-refractivity contribution < 1.29 is 9.90 Å². The lowest BCUT2D eigenvalue weighted by Gasteiger charge is -2.28. The lowest BCUT2D eigenvalue weighted by Crippen LogP contribution is -2.44. The van der Waals surface area contributed by atoms with E-state index in [0.717, 1.165) is 31.5 Å². The van der Waals surface area contributed by atoms with Crippen LogP contribution in [0.1, 0.15) is 31.4 Å². The fraction of sp³-hybridized carbons (Fsp3) is 0.533. The normalized spacial score (nSPS) is 24.1. The van der Waals surface area contributed by atoms with E-state index >= 15 is 0 Å². The van der Waals surface area contributed by atoms with Gasteiger partial charge in [0.2, 0.25) is 5.91 Å². The second-order valence-corrected chi connectivity index (χ2v) is 5.18. The first-order valence-electron chi connectivity index (χ1n) is 6.89. The Morgan fingerprint density at radius 1 is 1.47 bits per heavy atom. The predicted molar refractivity (Wildman–Crippen MR) is 74.6 cm³/mol. The summed E-state index contributed by atoms with van der Waals surface area (Å²) >= 11 is 0. The molecule has 1 aromatic rings. The molecular weight excluding hydrogens is 240 g/mol. The summed E-state index contributed by atoms with van der Waals surface area (Å²) in [5.74, 6) is 0.0444. The number of aliphatic hydroxyl groups is 1. The zero-order valence-electron chi connectivity index (χ0n) is 11.4. The molecule has 1 fully saturated rings. The molecule has 19 heavy (non-hydrogen) atoms. The number of benzene rings is 1. The molecule has 0 aliphatic carbocycles. The van der Waals surface area contributed by atoms with E-state index in [-0.39, 0.29) is 24.0 Å². The van der Waals surface area contributed by atoms with Crippen LogP contribution in [-0.2, 0) is 4.79 Å². The number of nitrogens with one attached hydrogen (secondary N) is 2. The zero-order valence-corrected chi connectivity index (χ0v) is 11.4. The second-order valence-electron chi connectivity index (χ2n) is 5.18. The van der Waals surface area contributed by atoms with E-state index < -0.39 is 0 Å². The molecule has 2 atom stereocenters. The minimum atomic E-state index is -0.322. The number of rotatable bonds is 5. The van der Waals surface area contributed by atoms with Crippen LogP contribution in [0.4, 0.5) is 0 Å². The quantitative estimate of drug-likeness (QED) is 0.748. The van der Waals surface area contributed by atoms with Crippen molar-refractivity contribution >= 4 is 5.91 Å². The number of aliphatic hydroxyl groups excluding tert-OH is 1. The van der Waals surface area contributed by atoms with Crippen LogP contribution in [0.2, 0.25) is 0 Å². The second kappa shape index (κ2) is 6.17. The van der Waals surface area contributed by atoms with Gasteiger partial charge < -0.3 is 15.7 Å². The topological polar surface area (TPSA) is 61.4 Å². The Labute approximate surface area is 114 Å². The van der Waals surface area contributed by atoms with Gasteiger partial charge in [0.25, 0.3) is 0 Å². The van der Waals surface area contributed by atoms with Crippen LogP contribution in [-0.4, -0.2) is 30.7 Å². The van der Waals surface area contributed by atoms with Gasteiger partial charge in [-0.1, -0.05) is 37.3 Å². The maximum Gasteiger partial charge on any atom is 0.228 e. The van der Waals surface area contributed by atoms with Crippen molar-refractivity contribution in [1.29, 1.82) is 0 Å². The molecule has 1 amide bonds. The lowest BCUT2D eigenvalue weighted by molar-refractivity contribution is -0.131. The smallest absolute Gasteiger partial charge is 0.228 e. The van der Waals surface area contributed by atoms with Crippen LogP contribution in [0.5, 0.6) is 0 Å². The Hall–Kier alpha value is -1.39. The molecule has 1 aliphatic heterocycles. The van der Waals surface area contributed by atoms with Gasteiger partial charge in [0.05, 0.1) is 18.1 Å². The van der Waals surface area contributed by atoms with Gasteiger partial charge in [-0.15, -0.1) is 0 Å². The molecule has 1 heterocycles. The maximum absolute atomic E-state index is 12.5. The molecule has 0 aromatic heterocycles.